The van der Waals surface area contributed by atoms with Crippen LogP contribution in [0, 0.1) is 0 Å². The van der Waals surface area contributed by atoms with Gasteiger partial charge in [-0.25, -0.2) is 0 Å². The molecule has 0 aromatic rings. The van der Waals surface area contributed by atoms with Crippen LogP contribution >= 0.6 is 0 Å². The molecule has 4 heteroatoms. The maximum atomic E-state index is 9.27. The van der Waals surface area contributed by atoms with E-state index in [2.05, 4.69) is 19.7 Å². The largest absolute Gasteiger partial charge is 0.393 e. The SMILES string of the molecule is C=CC(O)CCCCC(O)C=C.C=CCCC(O)CCC(C)O. The highest BCUT2D eigenvalue weighted by molar-refractivity contribution is 4.79. The van der Waals surface area contributed by atoms with Crippen LogP contribution in [0.3, 0.4) is 0 Å². The first-order valence-corrected chi connectivity index (χ1v) is 8.45. The van der Waals surface area contributed by atoms with E-state index in [9.17, 15) is 5.11 Å². The zero-order valence-corrected chi connectivity index (χ0v) is 14.6. The topological polar surface area (TPSA) is 80.9 Å². The first-order chi connectivity index (χ1) is 10.9. The number of aliphatic hydroxyl groups is 4. The third-order valence-electron chi connectivity index (χ3n) is 3.42. The minimum absolute atomic E-state index is 0.275. The van der Waals surface area contributed by atoms with Gasteiger partial charge >= 0.3 is 0 Å². The Hall–Kier alpha value is -0.940. The van der Waals surface area contributed by atoms with Crippen molar-refractivity contribution in [2.24, 2.45) is 0 Å². The van der Waals surface area contributed by atoms with Crippen molar-refractivity contribution < 1.29 is 20.4 Å². The molecule has 0 radical (unpaired) electrons. The molecule has 0 fully saturated rings. The van der Waals surface area contributed by atoms with Crippen LogP contribution in [0.5, 0.6) is 0 Å². The zero-order valence-electron chi connectivity index (χ0n) is 14.6. The maximum Gasteiger partial charge on any atom is 0.0718 e. The van der Waals surface area contributed by atoms with Crippen molar-refractivity contribution in [3.8, 4) is 0 Å². The summed E-state index contributed by atoms with van der Waals surface area (Å²) in [6.07, 6.45) is 9.75. The van der Waals surface area contributed by atoms with Crippen molar-refractivity contribution in [1.29, 1.82) is 0 Å². The van der Waals surface area contributed by atoms with E-state index in [1.807, 2.05) is 0 Å². The maximum absolute atomic E-state index is 9.27. The zero-order chi connectivity index (χ0) is 18.1. The molecule has 0 aromatic heterocycles. The van der Waals surface area contributed by atoms with Crippen LogP contribution < -0.4 is 0 Å². The fraction of sp³-hybridized carbons (Fsp3) is 0.684. The van der Waals surface area contributed by atoms with Crippen LogP contribution in [-0.2, 0) is 0 Å². The van der Waals surface area contributed by atoms with Crippen molar-refractivity contribution in [2.45, 2.75) is 82.7 Å². The van der Waals surface area contributed by atoms with Crippen LogP contribution in [0.2, 0.25) is 0 Å². The summed E-state index contributed by atoms with van der Waals surface area (Å²) < 4.78 is 0. The average Bonchev–Trinajstić information content (AvgIpc) is 2.54. The van der Waals surface area contributed by atoms with E-state index >= 15 is 0 Å². The Labute approximate surface area is 141 Å². The van der Waals surface area contributed by atoms with Gasteiger partial charge in [0, 0.05) is 0 Å². The lowest BCUT2D eigenvalue weighted by Gasteiger charge is -2.09. The molecule has 0 spiro atoms. The fourth-order valence-electron chi connectivity index (χ4n) is 1.83. The molecule has 4 N–H and O–H groups in total. The van der Waals surface area contributed by atoms with Crippen molar-refractivity contribution >= 4 is 0 Å². The number of rotatable bonds is 13. The summed E-state index contributed by atoms with van der Waals surface area (Å²) in [5.41, 5.74) is 0. The van der Waals surface area contributed by atoms with Gasteiger partial charge in [-0.1, -0.05) is 31.1 Å². The Kier molecular flexibility index (Phi) is 18.4. The Morgan fingerprint density at radius 1 is 0.739 bits per heavy atom. The lowest BCUT2D eigenvalue weighted by molar-refractivity contribution is 0.117. The van der Waals surface area contributed by atoms with Crippen LogP contribution in [0.1, 0.15) is 58.3 Å². The third kappa shape index (κ3) is 21.1. The normalized spacial score (nSPS) is 15.5. The lowest BCUT2D eigenvalue weighted by atomic mass is 10.1. The average molecular weight is 328 g/mol. The first-order valence-electron chi connectivity index (χ1n) is 8.45. The van der Waals surface area contributed by atoms with Crippen LogP contribution in [0.25, 0.3) is 0 Å². The molecule has 0 saturated carbocycles. The van der Waals surface area contributed by atoms with Crippen molar-refractivity contribution in [1.82, 2.24) is 0 Å². The molecular formula is C19H36O4. The molecule has 0 rings (SSSR count). The van der Waals surface area contributed by atoms with Gasteiger partial charge in [-0.05, 0) is 45.4 Å². The van der Waals surface area contributed by atoms with Crippen LogP contribution in [0.4, 0.5) is 0 Å². The lowest BCUT2D eigenvalue weighted by Crippen LogP contribution is -2.10. The number of unbranched alkanes of at least 4 members (excludes halogenated alkanes) is 1. The molecule has 23 heavy (non-hydrogen) atoms. The van der Waals surface area contributed by atoms with E-state index < -0.39 is 12.2 Å². The van der Waals surface area contributed by atoms with Gasteiger partial charge in [-0.2, -0.15) is 0 Å². The molecule has 4 nitrogen and oxygen atoms in total. The van der Waals surface area contributed by atoms with E-state index in [1.165, 1.54) is 12.2 Å². The molecule has 4 atom stereocenters. The van der Waals surface area contributed by atoms with E-state index in [4.69, 9.17) is 15.3 Å². The highest BCUT2D eigenvalue weighted by Crippen LogP contribution is 2.07. The minimum atomic E-state index is -0.397. The molecule has 136 valence electrons. The van der Waals surface area contributed by atoms with Gasteiger partial charge in [0.05, 0.1) is 24.4 Å². The van der Waals surface area contributed by atoms with Gasteiger partial charge in [0.1, 0.15) is 0 Å². The second-order valence-electron chi connectivity index (χ2n) is 5.84. The molecular weight excluding hydrogens is 292 g/mol. The van der Waals surface area contributed by atoms with Crippen LogP contribution in [0.15, 0.2) is 38.0 Å². The second kappa shape index (κ2) is 17.4. The first kappa shape index (κ1) is 24.3. The van der Waals surface area contributed by atoms with Crippen molar-refractivity contribution in [2.75, 3.05) is 0 Å². The van der Waals surface area contributed by atoms with Gasteiger partial charge in [-0.15, -0.1) is 19.7 Å². The number of hydrogen-bond acceptors (Lipinski definition) is 4. The van der Waals surface area contributed by atoms with E-state index in [-0.39, 0.29) is 12.2 Å². The molecule has 4 unspecified atom stereocenters. The van der Waals surface area contributed by atoms with E-state index in [0.29, 0.717) is 12.8 Å². The van der Waals surface area contributed by atoms with E-state index in [1.54, 1.807) is 13.0 Å². The summed E-state index contributed by atoms with van der Waals surface area (Å²) in [5, 5.41) is 36.3. The summed E-state index contributed by atoms with van der Waals surface area (Å²) in [4.78, 5) is 0. The molecule has 0 heterocycles. The van der Waals surface area contributed by atoms with Gasteiger partial charge < -0.3 is 20.4 Å². The van der Waals surface area contributed by atoms with Gasteiger partial charge in [0.25, 0.3) is 0 Å². The Balaban J connectivity index is 0. The monoisotopic (exact) mass is 328 g/mol. The predicted octanol–water partition coefficient (Wildman–Crippen LogP) is 3.12. The Bertz CT molecular complexity index is 273. The molecule has 0 aliphatic rings. The Morgan fingerprint density at radius 2 is 1.22 bits per heavy atom. The second-order valence-corrected chi connectivity index (χ2v) is 5.84. The third-order valence-corrected chi connectivity index (χ3v) is 3.42. The molecule has 0 aliphatic heterocycles. The van der Waals surface area contributed by atoms with Gasteiger partial charge in [-0.3, -0.25) is 0 Å². The smallest absolute Gasteiger partial charge is 0.0718 e. The highest BCUT2D eigenvalue weighted by atomic mass is 16.3. The summed E-state index contributed by atoms with van der Waals surface area (Å²) in [6, 6.07) is 0. The highest BCUT2D eigenvalue weighted by Gasteiger charge is 2.04. The summed E-state index contributed by atoms with van der Waals surface area (Å²) in [7, 11) is 0. The van der Waals surface area contributed by atoms with Crippen LogP contribution in [-0.4, -0.2) is 44.8 Å². The minimum Gasteiger partial charge on any atom is -0.393 e. The van der Waals surface area contributed by atoms with Crippen molar-refractivity contribution in [3.05, 3.63) is 38.0 Å². The summed E-state index contributed by atoms with van der Waals surface area (Å²) in [6.45, 7) is 12.3. The van der Waals surface area contributed by atoms with Gasteiger partial charge in [0.15, 0.2) is 0 Å². The standard InChI is InChI=1S/C10H18O2.C9H18O2/c1-3-9(11)7-5-6-8-10(12)4-2;1-3-4-5-9(11)7-6-8(2)10/h3-4,9-12H,1-2,5-8H2;3,8-11H,1,4-7H2,2H3. The Morgan fingerprint density at radius 3 is 1.57 bits per heavy atom. The quantitative estimate of drug-likeness (QED) is 0.309. The predicted molar refractivity (Wildman–Crippen MR) is 97.2 cm³/mol. The molecule has 0 aromatic carbocycles. The molecule has 0 bridgehead atoms. The number of allylic oxidation sites excluding steroid dienone is 1. The summed E-state index contributed by atoms with van der Waals surface area (Å²) in [5.74, 6) is 0. The fourth-order valence-corrected chi connectivity index (χ4v) is 1.83. The number of hydrogen-bond donors (Lipinski definition) is 4. The number of aliphatic hydroxyl groups excluding tert-OH is 4. The van der Waals surface area contributed by atoms with Crippen molar-refractivity contribution in [3.63, 3.8) is 0 Å². The molecule has 0 aliphatic carbocycles. The van der Waals surface area contributed by atoms with E-state index in [0.717, 1.165) is 38.5 Å². The van der Waals surface area contributed by atoms with Gasteiger partial charge in [0.2, 0.25) is 0 Å². The molecule has 0 amide bonds. The summed E-state index contributed by atoms with van der Waals surface area (Å²) >= 11 is 0. The molecule has 0 saturated heterocycles.